The normalized spacial score (nSPS) is 19.2. The summed E-state index contributed by atoms with van der Waals surface area (Å²) in [5.41, 5.74) is 1.80. The Hall–Kier alpha value is -2.05. The van der Waals surface area contributed by atoms with E-state index in [0.29, 0.717) is 19.5 Å². The Morgan fingerprint density at radius 1 is 1.58 bits per heavy atom. The average Bonchev–Trinajstić information content (AvgIpc) is 2.81. The van der Waals surface area contributed by atoms with E-state index >= 15 is 0 Å². The molecule has 1 unspecified atom stereocenters. The minimum atomic E-state index is -0.936. The zero-order valence-corrected chi connectivity index (χ0v) is 10.8. The summed E-state index contributed by atoms with van der Waals surface area (Å²) in [6, 6.07) is -1.04. The van der Waals surface area contributed by atoms with Gasteiger partial charge >= 0.3 is 12.0 Å². The molecule has 1 aliphatic rings. The van der Waals surface area contributed by atoms with Crippen LogP contribution in [0.4, 0.5) is 4.79 Å². The van der Waals surface area contributed by atoms with Gasteiger partial charge < -0.3 is 15.3 Å². The van der Waals surface area contributed by atoms with Crippen LogP contribution in [0.1, 0.15) is 30.5 Å². The quantitative estimate of drug-likeness (QED) is 0.756. The number of urea groups is 1. The summed E-state index contributed by atoms with van der Waals surface area (Å²) in [6.45, 7) is 2.71. The summed E-state index contributed by atoms with van der Waals surface area (Å²) in [5.74, 6) is -0.936. The maximum Gasteiger partial charge on any atom is 0.326 e. The molecule has 1 atom stereocenters. The van der Waals surface area contributed by atoms with Gasteiger partial charge in [-0.05, 0) is 26.2 Å². The van der Waals surface area contributed by atoms with Crippen molar-refractivity contribution < 1.29 is 14.7 Å². The van der Waals surface area contributed by atoms with E-state index in [1.807, 2.05) is 6.92 Å². The number of H-pyrrole nitrogens is 1. The van der Waals surface area contributed by atoms with Crippen LogP contribution in [0, 0.1) is 6.92 Å². The summed E-state index contributed by atoms with van der Waals surface area (Å²) >= 11 is 0. The Labute approximate surface area is 111 Å². The maximum atomic E-state index is 12.0. The number of hydrogen-bond donors (Lipinski definition) is 3. The zero-order valence-electron chi connectivity index (χ0n) is 10.8. The molecule has 1 aromatic rings. The van der Waals surface area contributed by atoms with Crippen molar-refractivity contribution in [1.82, 2.24) is 20.4 Å². The molecule has 7 heteroatoms. The number of aliphatic carboxylic acids is 1. The molecular formula is C12H18N4O3. The average molecular weight is 266 g/mol. The van der Waals surface area contributed by atoms with E-state index in [4.69, 9.17) is 5.11 Å². The summed E-state index contributed by atoms with van der Waals surface area (Å²) < 4.78 is 0. The highest BCUT2D eigenvalue weighted by Crippen LogP contribution is 2.17. The third-order valence-corrected chi connectivity index (χ3v) is 3.41. The second kappa shape index (κ2) is 5.73. The van der Waals surface area contributed by atoms with Crippen molar-refractivity contribution >= 4 is 12.0 Å². The van der Waals surface area contributed by atoms with Gasteiger partial charge in [0.1, 0.15) is 6.04 Å². The van der Waals surface area contributed by atoms with Crippen molar-refractivity contribution in [3.63, 3.8) is 0 Å². The standard InChI is InChI=1S/C12H18N4O3/c1-8-9(7-14-15-8)6-13-12(19)16-5-3-2-4-10(16)11(17)18/h7,10H,2-6H2,1H3,(H,13,19)(H,14,15)(H,17,18). The van der Waals surface area contributed by atoms with Crippen LogP contribution in [0.15, 0.2) is 6.20 Å². The molecule has 0 saturated carbocycles. The molecule has 2 amide bonds. The van der Waals surface area contributed by atoms with Gasteiger partial charge in [0.15, 0.2) is 0 Å². The molecule has 2 heterocycles. The summed E-state index contributed by atoms with van der Waals surface area (Å²) in [4.78, 5) is 24.6. The Kier molecular flexibility index (Phi) is 4.03. The number of hydrogen-bond acceptors (Lipinski definition) is 3. The van der Waals surface area contributed by atoms with Crippen LogP contribution >= 0.6 is 0 Å². The topological polar surface area (TPSA) is 98.3 Å². The van der Waals surface area contributed by atoms with Crippen LogP contribution in [-0.4, -0.2) is 44.8 Å². The lowest BCUT2D eigenvalue weighted by molar-refractivity contribution is -0.143. The van der Waals surface area contributed by atoms with Gasteiger partial charge in [0.05, 0.1) is 6.20 Å². The van der Waals surface area contributed by atoms with Crippen molar-refractivity contribution in [3.8, 4) is 0 Å². The number of rotatable bonds is 3. The number of nitrogens with zero attached hydrogens (tertiary/aromatic N) is 2. The number of amides is 2. The first kappa shape index (κ1) is 13.4. The number of carbonyl (C=O) groups excluding carboxylic acids is 1. The number of carbonyl (C=O) groups is 2. The number of piperidine rings is 1. The predicted octanol–water partition coefficient (Wildman–Crippen LogP) is 0.867. The Morgan fingerprint density at radius 2 is 2.37 bits per heavy atom. The predicted molar refractivity (Wildman–Crippen MR) is 67.5 cm³/mol. The number of carboxylic acids is 1. The Balaban J connectivity index is 1.94. The molecule has 1 aliphatic heterocycles. The highest BCUT2D eigenvalue weighted by Gasteiger charge is 2.31. The van der Waals surface area contributed by atoms with Gasteiger partial charge in [-0.3, -0.25) is 5.10 Å². The monoisotopic (exact) mass is 266 g/mol. The Morgan fingerprint density at radius 3 is 3.00 bits per heavy atom. The van der Waals surface area contributed by atoms with E-state index in [0.717, 1.165) is 24.1 Å². The van der Waals surface area contributed by atoms with Crippen LogP contribution in [0.2, 0.25) is 0 Å². The van der Waals surface area contributed by atoms with Crippen LogP contribution in [-0.2, 0) is 11.3 Å². The molecule has 19 heavy (non-hydrogen) atoms. The number of carboxylic acid groups (broad SMARTS) is 1. The molecule has 1 aromatic heterocycles. The Bertz CT molecular complexity index is 471. The number of likely N-dealkylation sites (tertiary alicyclic amines) is 1. The lowest BCUT2D eigenvalue weighted by atomic mass is 10.0. The molecule has 0 aromatic carbocycles. The van der Waals surface area contributed by atoms with Gasteiger partial charge in [0, 0.05) is 24.3 Å². The van der Waals surface area contributed by atoms with Gasteiger partial charge in [-0.2, -0.15) is 5.10 Å². The minimum Gasteiger partial charge on any atom is -0.480 e. The SMILES string of the molecule is Cc1[nH]ncc1CNC(=O)N1CCCCC1C(=O)O. The molecule has 0 radical (unpaired) electrons. The van der Waals surface area contributed by atoms with Gasteiger partial charge in [-0.25, -0.2) is 9.59 Å². The molecule has 0 aliphatic carbocycles. The smallest absolute Gasteiger partial charge is 0.326 e. The molecule has 104 valence electrons. The van der Waals surface area contributed by atoms with Gasteiger partial charge in [-0.15, -0.1) is 0 Å². The lowest BCUT2D eigenvalue weighted by Crippen LogP contribution is -2.51. The highest BCUT2D eigenvalue weighted by molar-refractivity contribution is 5.82. The van der Waals surface area contributed by atoms with Crippen molar-refractivity contribution in [2.45, 2.75) is 38.8 Å². The number of aromatic amines is 1. The highest BCUT2D eigenvalue weighted by atomic mass is 16.4. The number of nitrogens with one attached hydrogen (secondary N) is 2. The fourth-order valence-electron chi connectivity index (χ4n) is 2.26. The fraction of sp³-hybridized carbons (Fsp3) is 0.583. The molecular weight excluding hydrogens is 248 g/mol. The first-order chi connectivity index (χ1) is 9.09. The van der Waals surface area contributed by atoms with Gasteiger partial charge in [0.25, 0.3) is 0 Å². The van der Waals surface area contributed by atoms with Crippen molar-refractivity contribution in [2.24, 2.45) is 0 Å². The van der Waals surface area contributed by atoms with Gasteiger partial charge in [-0.1, -0.05) is 0 Å². The van der Waals surface area contributed by atoms with E-state index < -0.39 is 12.0 Å². The van der Waals surface area contributed by atoms with Gasteiger partial charge in [0.2, 0.25) is 0 Å². The van der Waals surface area contributed by atoms with E-state index in [1.165, 1.54) is 4.90 Å². The third-order valence-electron chi connectivity index (χ3n) is 3.41. The first-order valence-corrected chi connectivity index (χ1v) is 6.35. The van der Waals surface area contributed by atoms with Crippen LogP contribution < -0.4 is 5.32 Å². The fourth-order valence-corrected chi connectivity index (χ4v) is 2.26. The van der Waals surface area contributed by atoms with Crippen molar-refractivity contribution in [3.05, 3.63) is 17.5 Å². The minimum absolute atomic E-state index is 0.326. The van der Waals surface area contributed by atoms with E-state index in [9.17, 15) is 9.59 Å². The lowest BCUT2D eigenvalue weighted by Gasteiger charge is -2.32. The molecule has 2 rings (SSSR count). The zero-order chi connectivity index (χ0) is 13.8. The van der Waals surface area contributed by atoms with Crippen LogP contribution in [0.3, 0.4) is 0 Å². The maximum absolute atomic E-state index is 12.0. The van der Waals surface area contributed by atoms with E-state index in [-0.39, 0.29) is 6.03 Å². The van der Waals surface area contributed by atoms with E-state index in [2.05, 4.69) is 15.5 Å². The number of aryl methyl sites for hydroxylation is 1. The summed E-state index contributed by atoms with van der Waals surface area (Å²) in [5, 5.41) is 18.5. The summed E-state index contributed by atoms with van der Waals surface area (Å²) in [7, 11) is 0. The molecule has 7 nitrogen and oxygen atoms in total. The largest absolute Gasteiger partial charge is 0.480 e. The molecule has 1 fully saturated rings. The molecule has 3 N–H and O–H groups in total. The first-order valence-electron chi connectivity index (χ1n) is 6.35. The van der Waals surface area contributed by atoms with E-state index in [1.54, 1.807) is 6.20 Å². The van der Waals surface area contributed by atoms with Crippen LogP contribution in [0.5, 0.6) is 0 Å². The summed E-state index contributed by atoms with van der Waals surface area (Å²) in [6.07, 6.45) is 3.87. The second-order valence-electron chi connectivity index (χ2n) is 4.72. The van der Waals surface area contributed by atoms with Crippen molar-refractivity contribution in [1.29, 1.82) is 0 Å². The van der Waals surface area contributed by atoms with Crippen LogP contribution in [0.25, 0.3) is 0 Å². The molecule has 0 spiro atoms. The second-order valence-corrected chi connectivity index (χ2v) is 4.72. The molecule has 1 saturated heterocycles. The number of aromatic nitrogens is 2. The van der Waals surface area contributed by atoms with Crippen molar-refractivity contribution in [2.75, 3.05) is 6.54 Å². The third kappa shape index (κ3) is 3.04. The molecule has 0 bridgehead atoms.